The molecule has 0 saturated heterocycles. The van der Waals surface area contributed by atoms with E-state index in [0.717, 1.165) is 10.2 Å². The first kappa shape index (κ1) is 13.0. The molecule has 0 spiro atoms. The van der Waals surface area contributed by atoms with Gasteiger partial charge in [0.05, 0.1) is 11.3 Å². The number of anilines is 1. The Morgan fingerprint density at radius 2 is 2.19 bits per heavy atom. The van der Waals surface area contributed by atoms with E-state index >= 15 is 0 Å². The molecule has 0 heterocycles. The van der Waals surface area contributed by atoms with E-state index in [1.165, 1.54) is 0 Å². The maximum atomic E-state index is 9.01. The molecule has 0 unspecified atom stereocenters. The third-order valence-electron chi connectivity index (χ3n) is 2.31. The third-order valence-corrected chi connectivity index (χ3v) is 2.81. The lowest BCUT2D eigenvalue weighted by Crippen LogP contribution is -2.32. The van der Waals surface area contributed by atoms with Crippen LogP contribution in [0.15, 0.2) is 22.7 Å². The molecule has 0 aliphatic carbocycles. The number of hydrogen-bond acceptors (Lipinski definition) is 3. The zero-order chi connectivity index (χ0) is 12.2. The van der Waals surface area contributed by atoms with E-state index in [0.29, 0.717) is 12.0 Å². The van der Waals surface area contributed by atoms with E-state index in [4.69, 9.17) is 10.4 Å². The van der Waals surface area contributed by atoms with E-state index in [1.54, 1.807) is 6.07 Å². The van der Waals surface area contributed by atoms with Crippen LogP contribution in [0.1, 0.15) is 25.8 Å². The fraction of sp³-hybridized carbons (Fsp3) is 0.417. The summed E-state index contributed by atoms with van der Waals surface area (Å²) in [7, 11) is 0. The number of halogens is 1. The molecule has 0 radical (unpaired) electrons. The second-order valence-corrected chi connectivity index (χ2v) is 5.20. The summed E-state index contributed by atoms with van der Waals surface area (Å²) in [6.45, 7) is 4.11. The molecule has 0 saturated carbocycles. The van der Waals surface area contributed by atoms with Crippen molar-refractivity contribution in [2.45, 2.75) is 25.8 Å². The van der Waals surface area contributed by atoms with Crippen LogP contribution in [0.4, 0.5) is 5.69 Å². The predicted octanol–water partition coefficient (Wildman–Crippen LogP) is 2.89. The van der Waals surface area contributed by atoms with Gasteiger partial charge in [-0.25, -0.2) is 0 Å². The Kier molecular flexibility index (Phi) is 4.34. The van der Waals surface area contributed by atoms with Gasteiger partial charge in [-0.2, -0.15) is 5.26 Å². The van der Waals surface area contributed by atoms with Gasteiger partial charge in [0.2, 0.25) is 0 Å². The topological polar surface area (TPSA) is 56.0 Å². The molecule has 0 aromatic heterocycles. The number of nitriles is 1. The van der Waals surface area contributed by atoms with Gasteiger partial charge in [-0.1, -0.05) is 15.9 Å². The number of rotatable bonds is 4. The Morgan fingerprint density at radius 3 is 2.75 bits per heavy atom. The van der Waals surface area contributed by atoms with Gasteiger partial charge in [-0.3, -0.25) is 0 Å². The second kappa shape index (κ2) is 5.33. The molecule has 1 aromatic carbocycles. The molecule has 0 atom stereocenters. The monoisotopic (exact) mass is 282 g/mol. The van der Waals surface area contributed by atoms with Crippen LogP contribution in [0.3, 0.4) is 0 Å². The molecule has 0 fully saturated rings. The van der Waals surface area contributed by atoms with Crippen molar-refractivity contribution in [1.29, 1.82) is 5.26 Å². The van der Waals surface area contributed by atoms with Gasteiger partial charge in [0, 0.05) is 16.6 Å². The fourth-order valence-electron chi connectivity index (χ4n) is 1.42. The van der Waals surface area contributed by atoms with E-state index in [1.807, 2.05) is 26.0 Å². The molecule has 4 heteroatoms. The van der Waals surface area contributed by atoms with Crippen molar-refractivity contribution >= 4 is 21.6 Å². The van der Waals surface area contributed by atoms with Crippen molar-refractivity contribution in [3.05, 3.63) is 28.2 Å². The van der Waals surface area contributed by atoms with Crippen LogP contribution >= 0.6 is 15.9 Å². The normalized spacial score (nSPS) is 10.9. The highest BCUT2D eigenvalue weighted by Gasteiger charge is 2.18. The number of aliphatic hydroxyl groups excluding tert-OH is 1. The minimum atomic E-state index is -0.228. The van der Waals surface area contributed by atoms with Crippen LogP contribution in [0.25, 0.3) is 0 Å². The summed E-state index contributed by atoms with van der Waals surface area (Å²) in [5, 5.41) is 21.2. The summed E-state index contributed by atoms with van der Waals surface area (Å²) in [5.41, 5.74) is 1.17. The van der Waals surface area contributed by atoms with Gasteiger partial charge in [-0.05, 0) is 38.5 Å². The van der Waals surface area contributed by atoms with E-state index < -0.39 is 0 Å². The molecule has 0 amide bonds. The molecule has 3 nitrogen and oxygen atoms in total. The fourth-order valence-corrected chi connectivity index (χ4v) is 1.79. The summed E-state index contributed by atoms with van der Waals surface area (Å²) in [6, 6.07) is 7.67. The molecule has 2 N–H and O–H groups in total. The minimum Gasteiger partial charge on any atom is -0.396 e. The second-order valence-electron chi connectivity index (χ2n) is 4.28. The van der Waals surface area contributed by atoms with Crippen LogP contribution in [0.5, 0.6) is 0 Å². The number of hydrogen-bond donors (Lipinski definition) is 2. The Morgan fingerprint density at radius 1 is 1.50 bits per heavy atom. The van der Waals surface area contributed by atoms with Gasteiger partial charge >= 0.3 is 0 Å². The summed E-state index contributed by atoms with van der Waals surface area (Å²) >= 11 is 3.33. The number of nitrogens with zero attached hydrogens (tertiary/aromatic N) is 1. The lowest BCUT2D eigenvalue weighted by molar-refractivity contribution is 0.261. The van der Waals surface area contributed by atoms with Crippen molar-refractivity contribution in [2.75, 3.05) is 11.9 Å². The standard InChI is InChI=1S/C12H15BrN2O/c1-12(2,5-6-16)15-11-4-3-10(13)7-9(11)8-14/h3-4,7,15-16H,5-6H2,1-2H3. The first-order valence-electron chi connectivity index (χ1n) is 5.07. The van der Waals surface area contributed by atoms with Crippen LogP contribution in [-0.4, -0.2) is 17.3 Å². The van der Waals surface area contributed by atoms with E-state index in [9.17, 15) is 0 Å². The van der Waals surface area contributed by atoms with Gasteiger partial charge < -0.3 is 10.4 Å². The predicted molar refractivity (Wildman–Crippen MR) is 68.3 cm³/mol. The smallest absolute Gasteiger partial charge is 0.101 e. The molecule has 16 heavy (non-hydrogen) atoms. The van der Waals surface area contributed by atoms with Crippen LogP contribution < -0.4 is 5.32 Å². The average Bonchev–Trinajstić information content (AvgIpc) is 2.20. The van der Waals surface area contributed by atoms with Crippen LogP contribution in [0.2, 0.25) is 0 Å². The largest absolute Gasteiger partial charge is 0.396 e. The maximum absolute atomic E-state index is 9.01. The van der Waals surface area contributed by atoms with Gasteiger partial charge in [0.25, 0.3) is 0 Å². The van der Waals surface area contributed by atoms with Gasteiger partial charge in [-0.15, -0.1) is 0 Å². The molecule has 1 rings (SSSR count). The Hall–Kier alpha value is -1.05. The van der Waals surface area contributed by atoms with E-state index in [-0.39, 0.29) is 12.1 Å². The summed E-state index contributed by atoms with van der Waals surface area (Å²) in [5.74, 6) is 0. The third kappa shape index (κ3) is 3.51. The summed E-state index contributed by atoms with van der Waals surface area (Å²) in [4.78, 5) is 0. The molecule has 0 bridgehead atoms. The summed E-state index contributed by atoms with van der Waals surface area (Å²) in [6.07, 6.45) is 0.633. The van der Waals surface area contributed by atoms with Crippen molar-refractivity contribution in [1.82, 2.24) is 0 Å². The van der Waals surface area contributed by atoms with Gasteiger partial charge in [0.1, 0.15) is 6.07 Å². The van der Waals surface area contributed by atoms with Crippen LogP contribution in [0, 0.1) is 11.3 Å². The maximum Gasteiger partial charge on any atom is 0.101 e. The van der Waals surface area contributed by atoms with E-state index in [2.05, 4.69) is 27.3 Å². The minimum absolute atomic E-state index is 0.123. The average molecular weight is 283 g/mol. The summed E-state index contributed by atoms with van der Waals surface area (Å²) < 4.78 is 0.884. The Bertz CT molecular complexity index is 410. The Labute approximate surface area is 104 Å². The highest BCUT2D eigenvalue weighted by molar-refractivity contribution is 9.10. The van der Waals surface area contributed by atoms with Crippen molar-refractivity contribution in [3.8, 4) is 6.07 Å². The van der Waals surface area contributed by atoms with Crippen molar-refractivity contribution in [2.24, 2.45) is 0 Å². The zero-order valence-corrected chi connectivity index (χ0v) is 11.0. The lowest BCUT2D eigenvalue weighted by Gasteiger charge is -2.27. The highest BCUT2D eigenvalue weighted by Crippen LogP contribution is 2.24. The highest BCUT2D eigenvalue weighted by atomic mass is 79.9. The SMILES string of the molecule is CC(C)(CCO)Nc1ccc(Br)cc1C#N. The van der Waals surface area contributed by atoms with Crippen molar-refractivity contribution in [3.63, 3.8) is 0 Å². The molecular weight excluding hydrogens is 268 g/mol. The number of aliphatic hydroxyl groups is 1. The zero-order valence-electron chi connectivity index (χ0n) is 9.42. The molecular formula is C12H15BrN2O. The van der Waals surface area contributed by atoms with Crippen LogP contribution in [-0.2, 0) is 0 Å². The number of nitrogens with one attached hydrogen (secondary N) is 1. The number of benzene rings is 1. The molecule has 86 valence electrons. The van der Waals surface area contributed by atoms with Crippen molar-refractivity contribution < 1.29 is 5.11 Å². The lowest BCUT2D eigenvalue weighted by atomic mass is 10.00. The molecule has 1 aromatic rings. The first-order valence-corrected chi connectivity index (χ1v) is 5.86. The molecule has 0 aliphatic rings. The first-order chi connectivity index (χ1) is 7.48. The molecule has 0 aliphatic heterocycles. The quantitative estimate of drug-likeness (QED) is 0.893. The Balaban J connectivity index is 2.93. The van der Waals surface area contributed by atoms with Gasteiger partial charge in [0.15, 0.2) is 0 Å².